The number of hydrogen-bond donors (Lipinski definition) is 0. The van der Waals surface area contributed by atoms with Gasteiger partial charge in [-0.25, -0.2) is 0 Å². The quantitative estimate of drug-likeness (QED) is 0.190. The molecule has 9 aromatic rings. The van der Waals surface area contributed by atoms with Gasteiger partial charge in [0.15, 0.2) is 0 Å². The number of aromatic nitrogens is 1. The fourth-order valence-electron chi connectivity index (χ4n) is 7.38. The first-order valence-electron chi connectivity index (χ1n) is 15.3. The van der Waals surface area contributed by atoms with Crippen LogP contribution in [0.25, 0.3) is 82.1 Å². The highest BCUT2D eigenvalue weighted by atomic mass is 15.0. The molecule has 0 saturated heterocycles. The van der Waals surface area contributed by atoms with Crippen LogP contribution in [-0.2, 0) is 0 Å². The summed E-state index contributed by atoms with van der Waals surface area (Å²) in [6, 6.07) is 57.8. The van der Waals surface area contributed by atoms with Crippen LogP contribution in [-0.4, -0.2) is 4.57 Å². The number of para-hydroxylation sites is 2. The van der Waals surface area contributed by atoms with Gasteiger partial charge in [-0.1, -0.05) is 133 Å². The summed E-state index contributed by atoms with van der Waals surface area (Å²) in [5.41, 5.74) is 10.0. The third kappa shape index (κ3) is 3.60. The minimum Gasteiger partial charge on any atom is -0.309 e. The summed E-state index contributed by atoms with van der Waals surface area (Å²) in [7, 11) is 0. The Morgan fingerprint density at radius 1 is 0.341 bits per heavy atom. The summed E-state index contributed by atoms with van der Waals surface area (Å²) in [5.74, 6) is 0. The van der Waals surface area contributed by atoms with Crippen LogP contribution in [0.5, 0.6) is 0 Å². The number of nitrogens with zero attached hydrogens (tertiary/aromatic N) is 1. The molecule has 1 nitrogen and oxygen atoms in total. The highest BCUT2D eigenvalue weighted by Crippen LogP contribution is 2.45. The molecular formula is C43H29N. The molecule has 206 valence electrons. The lowest BCUT2D eigenvalue weighted by Crippen LogP contribution is -1.95. The monoisotopic (exact) mass is 559 g/mol. The molecule has 0 N–H and O–H groups in total. The zero-order valence-corrected chi connectivity index (χ0v) is 24.5. The molecule has 1 aromatic heterocycles. The van der Waals surface area contributed by atoms with E-state index < -0.39 is 0 Å². The summed E-state index contributed by atoms with van der Waals surface area (Å²) in [6.07, 6.45) is 0. The topological polar surface area (TPSA) is 4.93 Å². The van der Waals surface area contributed by atoms with Crippen molar-refractivity contribution >= 4 is 54.1 Å². The van der Waals surface area contributed by atoms with Crippen LogP contribution in [0.2, 0.25) is 0 Å². The Morgan fingerprint density at radius 2 is 0.773 bits per heavy atom. The molecule has 0 radical (unpaired) electrons. The molecule has 0 unspecified atom stereocenters. The fraction of sp³-hybridized carbons (Fsp3) is 0.0233. The van der Waals surface area contributed by atoms with Gasteiger partial charge in [-0.05, 0) is 91.3 Å². The second-order valence-electron chi connectivity index (χ2n) is 11.7. The van der Waals surface area contributed by atoms with Crippen molar-refractivity contribution in [1.29, 1.82) is 0 Å². The standard InChI is InChI=1S/C43H29N/c1-28-22-27-39(32-13-3-2-12-31(28)32)43-37-18-6-4-16-35(37)42(36-17-5-7-19-38(36)43)29-23-25-30(26-24-29)44-40-20-10-8-14-33(40)34-15-9-11-21-41(34)44/h2-27H,1H3. The van der Waals surface area contributed by atoms with Gasteiger partial charge in [-0.3, -0.25) is 0 Å². The van der Waals surface area contributed by atoms with E-state index in [4.69, 9.17) is 0 Å². The second kappa shape index (κ2) is 9.69. The number of fused-ring (bicyclic) bond motifs is 6. The van der Waals surface area contributed by atoms with Crippen molar-refractivity contribution in [2.45, 2.75) is 6.92 Å². The molecule has 1 heteroatoms. The van der Waals surface area contributed by atoms with Crippen molar-refractivity contribution in [3.05, 3.63) is 163 Å². The smallest absolute Gasteiger partial charge is 0.0541 e. The first-order chi connectivity index (χ1) is 21.8. The maximum Gasteiger partial charge on any atom is 0.0541 e. The molecule has 0 spiro atoms. The fourth-order valence-corrected chi connectivity index (χ4v) is 7.38. The zero-order chi connectivity index (χ0) is 29.2. The third-order valence-corrected chi connectivity index (χ3v) is 9.34. The van der Waals surface area contributed by atoms with E-state index in [1.54, 1.807) is 0 Å². The van der Waals surface area contributed by atoms with Gasteiger partial charge >= 0.3 is 0 Å². The van der Waals surface area contributed by atoms with Crippen LogP contribution in [0.3, 0.4) is 0 Å². The Balaban J connectivity index is 1.30. The minimum atomic E-state index is 1.17. The molecule has 0 fully saturated rings. The van der Waals surface area contributed by atoms with Crippen LogP contribution in [0, 0.1) is 6.92 Å². The van der Waals surface area contributed by atoms with Gasteiger partial charge in [0.05, 0.1) is 11.0 Å². The summed E-state index contributed by atoms with van der Waals surface area (Å²) in [4.78, 5) is 0. The first-order valence-corrected chi connectivity index (χ1v) is 15.3. The van der Waals surface area contributed by atoms with Crippen molar-refractivity contribution < 1.29 is 0 Å². The molecule has 9 rings (SSSR count). The van der Waals surface area contributed by atoms with Gasteiger partial charge in [-0.2, -0.15) is 0 Å². The van der Waals surface area contributed by atoms with Crippen LogP contribution < -0.4 is 0 Å². The van der Waals surface area contributed by atoms with Gasteiger partial charge in [-0.15, -0.1) is 0 Å². The average molecular weight is 560 g/mol. The Labute approximate surface area is 256 Å². The Bertz CT molecular complexity index is 2440. The summed E-state index contributed by atoms with van der Waals surface area (Å²) in [5, 5.41) is 10.3. The minimum absolute atomic E-state index is 1.17. The van der Waals surface area contributed by atoms with Gasteiger partial charge in [0.1, 0.15) is 0 Å². The van der Waals surface area contributed by atoms with E-state index in [-0.39, 0.29) is 0 Å². The predicted molar refractivity (Wildman–Crippen MR) is 189 cm³/mol. The molecule has 0 aliphatic heterocycles. The van der Waals surface area contributed by atoms with E-state index in [2.05, 4.69) is 169 Å². The molecule has 0 aliphatic rings. The number of benzene rings is 8. The van der Waals surface area contributed by atoms with Crippen LogP contribution in [0.15, 0.2) is 158 Å². The molecule has 1 heterocycles. The van der Waals surface area contributed by atoms with Gasteiger partial charge in [0.2, 0.25) is 0 Å². The maximum atomic E-state index is 2.39. The van der Waals surface area contributed by atoms with Crippen LogP contribution in [0.4, 0.5) is 0 Å². The normalized spacial score (nSPS) is 11.8. The van der Waals surface area contributed by atoms with Crippen molar-refractivity contribution in [2.24, 2.45) is 0 Å². The Hall–Kier alpha value is -5.66. The third-order valence-electron chi connectivity index (χ3n) is 9.34. The molecule has 0 saturated carbocycles. The molecule has 44 heavy (non-hydrogen) atoms. The lowest BCUT2D eigenvalue weighted by molar-refractivity contribution is 1.18. The van der Waals surface area contributed by atoms with E-state index in [1.165, 1.54) is 87.6 Å². The Morgan fingerprint density at radius 3 is 1.32 bits per heavy atom. The highest BCUT2D eigenvalue weighted by molar-refractivity contribution is 6.23. The largest absolute Gasteiger partial charge is 0.309 e. The van der Waals surface area contributed by atoms with Crippen molar-refractivity contribution in [3.8, 4) is 27.9 Å². The number of hydrogen-bond acceptors (Lipinski definition) is 0. The van der Waals surface area contributed by atoms with E-state index in [9.17, 15) is 0 Å². The maximum absolute atomic E-state index is 2.39. The summed E-state index contributed by atoms with van der Waals surface area (Å²) >= 11 is 0. The van der Waals surface area contributed by atoms with Crippen LogP contribution in [0.1, 0.15) is 5.56 Å². The lowest BCUT2D eigenvalue weighted by Gasteiger charge is -2.19. The molecule has 0 bridgehead atoms. The van der Waals surface area contributed by atoms with Gasteiger partial charge < -0.3 is 4.57 Å². The van der Waals surface area contributed by atoms with Crippen molar-refractivity contribution in [1.82, 2.24) is 4.57 Å². The predicted octanol–water partition coefficient (Wildman–Crippen LogP) is 11.9. The van der Waals surface area contributed by atoms with E-state index >= 15 is 0 Å². The van der Waals surface area contributed by atoms with Gasteiger partial charge in [0.25, 0.3) is 0 Å². The van der Waals surface area contributed by atoms with Crippen molar-refractivity contribution in [2.75, 3.05) is 0 Å². The summed E-state index contributed by atoms with van der Waals surface area (Å²) in [6.45, 7) is 2.20. The van der Waals surface area contributed by atoms with E-state index in [0.717, 1.165) is 0 Å². The first kappa shape index (κ1) is 24.9. The Kier molecular flexibility index (Phi) is 5.48. The number of rotatable bonds is 3. The van der Waals surface area contributed by atoms with Crippen molar-refractivity contribution in [3.63, 3.8) is 0 Å². The SMILES string of the molecule is Cc1ccc(-c2c3ccccc3c(-c3ccc(-n4c5ccccc5c5ccccc54)cc3)c3ccccc23)c2ccccc12. The zero-order valence-electron chi connectivity index (χ0n) is 24.5. The highest BCUT2D eigenvalue weighted by Gasteiger charge is 2.18. The molecule has 0 aliphatic carbocycles. The second-order valence-corrected chi connectivity index (χ2v) is 11.7. The lowest BCUT2D eigenvalue weighted by atomic mass is 9.84. The van der Waals surface area contributed by atoms with E-state index in [0.29, 0.717) is 0 Å². The molecule has 0 amide bonds. The van der Waals surface area contributed by atoms with Gasteiger partial charge in [0, 0.05) is 16.5 Å². The number of aryl methyl sites for hydroxylation is 1. The molecular weight excluding hydrogens is 530 g/mol. The van der Waals surface area contributed by atoms with Crippen LogP contribution >= 0.6 is 0 Å². The average Bonchev–Trinajstić information content (AvgIpc) is 3.42. The van der Waals surface area contributed by atoms with E-state index in [1.807, 2.05) is 0 Å². The molecule has 0 atom stereocenters. The summed E-state index contributed by atoms with van der Waals surface area (Å²) < 4.78 is 2.39. The molecule has 8 aromatic carbocycles.